The number of Topliss-reactive ketones (excluding diaryl/α,β-unsaturated/α-hetero) is 1. The quantitative estimate of drug-likeness (QED) is 0.0696. The molecule has 65 heavy (non-hydrogen) atoms. The van der Waals surface area contributed by atoms with Crippen LogP contribution in [0.5, 0.6) is 0 Å². The first kappa shape index (κ1) is 49.3. The van der Waals surface area contributed by atoms with E-state index in [2.05, 4.69) is 5.32 Å². The zero-order valence-corrected chi connectivity index (χ0v) is 37.9. The summed E-state index contributed by atoms with van der Waals surface area (Å²) >= 11 is 0. The number of hydrogen-bond acceptors (Lipinski definition) is 18. The van der Waals surface area contributed by atoms with E-state index in [1.165, 1.54) is 44.4 Å². The molecule has 1 aromatic heterocycles. The van der Waals surface area contributed by atoms with Gasteiger partial charge in [0.15, 0.2) is 23.6 Å². The van der Waals surface area contributed by atoms with Crippen LogP contribution in [-0.4, -0.2) is 131 Å². The summed E-state index contributed by atoms with van der Waals surface area (Å²) < 4.78 is 53.3. The van der Waals surface area contributed by atoms with Crippen LogP contribution >= 0.6 is 0 Å². The Morgan fingerprint density at radius 2 is 1.66 bits per heavy atom. The number of nitrogens with one attached hydrogen (secondary N) is 1. The second-order valence-electron chi connectivity index (χ2n) is 18.7. The number of esters is 4. The van der Waals surface area contributed by atoms with Crippen molar-refractivity contribution in [1.29, 1.82) is 0 Å². The summed E-state index contributed by atoms with van der Waals surface area (Å²) in [5.74, 6) is -6.34. The zero-order chi connectivity index (χ0) is 47.9. The van der Waals surface area contributed by atoms with Gasteiger partial charge in [-0.25, -0.2) is 14.4 Å². The molecule has 2 aromatic rings. The number of amides is 1. The maximum Gasteiger partial charge on any atom is 0.408 e. The summed E-state index contributed by atoms with van der Waals surface area (Å²) in [6.45, 7) is 12.0. The number of alkyl carbamates (subject to hydrolysis) is 1. The molecule has 2 heterocycles. The third-order valence-corrected chi connectivity index (χ3v) is 13.1. The second-order valence-corrected chi connectivity index (χ2v) is 18.7. The van der Waals surface area contributed by atoms with E-state index >= 15 is 4.79 Å². The van der Waals surface area contributed by atoms with Gasteiger partial charge < -0.3 is 62.9 Å². The average Bonchev–Trinajstić information content (AvgIpc) is 3.76. The molecule has 1 aromatic carbocycles. The Bertz CT molecular complexity index is 2150. The van der Waals surface area contributed by atoms with Crippen LogP contribution in [0.1, 0.15) is 97.3 Å². The van der Waals surface area contributed by atoms with E-state index in [1.807, 2.05) is 0 Å². The molecule has 356 valence electrons. The van der Waals surface area contributed by atoms with Crippen LogP contribution in [0.15, 0.2) is 64.3 Å². The first-order chi connectivity index (χ1) is 30.4. The Morgan fingerprint density at radius 3 is 2.23 bits per heavy atom. The predicted molar refractivity (Wildman–Crippen MR) is 222 cm³/mol. The summed E-state index contributed by atoms with van der Waals surface area (Å²) in [6.07, 6.45) is -10.00. The van der Waals surface area contributed by atoms with Gasteiger partial charge in [-0.15, -0.1) is 0 Å². The van der Waals surface area contributed by atoms with Crippen LogP contribution in [0.25, 0.3) is 0 Å². The first-order valence-corrected chi connectivity index (χ1v) is 21.4. The van der Waals surface area contributed by atoms with Gasteiger partial charge in [-0.05, 0) is 70.0 Å². The molecule has 0 radical (unpaired) electrons. The lowest BCUT2D eigenvalue weighted by atomic mass is 9.44. The number of aliphatic hydroxyl groups is 3. The summed E-state index contributed by atoms with van der Waals surface area (Å²) in [5.41, 5.74) is -8.67. The van der Waals surface area contributed by atoms with E-state index in [9.17, 15) is 39.3 Å². The minimum absolute atomic E-state index is 0.0163. The van der Waals surface area contributed by atoms with E-state index in [1.54, 1.807) is 52.8 Å². The number of benzene rings is 1. The van der Waals surface area contributed by atoms with Crippen molar-refractivity contribution in [1.82, 2.24) is 5.32 Å². The molecular weight excluding hydrogens is 854 g/mol. The molecule has 0 spiro atoms. The summed E-state index contributed by atoms with van der Waals surface area (Å²) in [6, 6.07) is 9.15. The van der Waals surface area contributed by atoms with E-state index < -0.39 is 125 Å². The van der Waals surface area contributed by atoms with Crippen molar-refractivity contribution in [3.63, 3.8) is 0 Å². The Hall–Kier alpha value is -5.18. The highest BCUT2D eigenvalue weighted by atomic mass is 16.7. The lowest BCUT2D eigenvalue weighted by Gasteiger charge is -2.67. The number of hydrogen-bond donors (Lipinski definition) is 4. The standard InChI is InChI=1S/C46H59NO18/c1-24-29(62-40(54)34(51)33(28-16-13-18-58-28)47-41(55)65-42(4,5)6)21-46(56)38(63-39(53)27-14-11-10-12-15-27)36-44(9,37(52)35(61-25(2)49)32(24)43(46,7)8)30(60-23-57-19-17-48)20-31-45(36,22-59-31)64-26(3)50/h10-16,18,29-31,33-36,38,48,51,56H,17,19-23H2,1-9H3,(H,47,55)/t29-,30-,31+,33+,34+,35+,36-,38-,44+,45-,46+/m0/s1. The van der Waals surface area contributed by atoms with Gasteiger partial charge in [0.05, 0.1) is 49.1 Å². The Morgan fingerprint density at radius 1 is 0.969 bits per heavy atom. The van der Waals surface area contributed by atoms with Crippen molar-refractivity contribution >= 4 is 35.8 Å². The fraction of sp³-hybridized carbons (Fsp3) is 0.609. The summed E-state index contributed by atoms with van der Waals surface area (Å²) in [5, 5.41) is 37.3. The van der Waals surface area contributed by atoms with Crippen LogP contribution in [0.3, 0.4) is 0 Å². The Kier molecular flexibility index (Phi) is 14.1. The number of fused-ring (bicyclic) bond motifs is 5. The maximum atomic E-state index is 15.9. The third kappa shape index (κ3) is 9.18. The van der Waals surface area contributed by atoms with Crippen LogP contribution in [0.4, 0.5) is 4.79 Å². The van der Waals surface area contributed by atoms with Gasteiger partial charge in [-0.1, -0.05) is 32.0 Å². The Labute approximate surface area is 376 Å². The first-order valence-electron chi connectivity index (χ1n) is 21.4. The zero-order valence-electron chi connectivity index (χ0n) is 37.9. The monoisotopic (exact) mass is 913 g/mol. The van der Waals surface area contributed by atoms with Gasteiger partial charge >= 0.3 is 30.0 Å². The number of aliphatic hydroxyl groups excluding tert-OH is 2. The van der Waals surface area contributed by atoms with E-state index in [0.29, 0.717) is 0 Å². The third-order valence-electron chi connectivity index (χ3n) is 13.1. The smallest absolute Gasteiger partial charge is 0.408 e. The van der Waals surface area contributed by atoms with Crippen molar-refractivity contribution in [2.24, 2.45) is 16.7 Å². The van der Waals surface area contributed by atoms with Gasteiger partial charge in [0.2, 0.25) is 0 Å². The molecule has 3 fully saturated rings. The highest BCUT2D eigenvalue weighted by Crippen LogP contribution is 2.65. The number of furan rings is 1. The molecule has 4 N–H and O–H groups in total. The van der Waals surface area contributed by atoms with Crippen LogP contribution in [0, 0.1) is 16.7 Å². The fourth-order valence-electron chi connectivity index (χ4n) is 10.0. The van der Waals surface area contributed by atoms with E-state index in [-0.39, 0.29) is 48.7 Å². The molecular formula is C46H59NO18. The molecule has 6 rings (SSSR count). The van der Waals surface area contributed by atoms with Gasteiger partial charge in [-0.2, -0.15) is 0 Å². The number of carbonyl (C=O) groups is 6. The van der Waals surface area contributed by atoms with Crippen LogP contribution in [0.2, 0.25) is 0 Å². The Balaban J connectivity index is 1.56. The predicted octanol–water partition coefficient (Wildman–Crippen LogP) is 3.41. The highest BCUT2D eigenvalue weighted by molar-refractivity contribution is 5.95. The van der Waals surface area contributed by atoms with Gasteiger partial charge in [-0.3, -0.25) is 14.4 Å². The van der Waals surface area contributed by atoms with Gasteiger partial charge in [0, 0.05) is 32.1 Å². The van der Waals surface area contributed by atoms with Crippen LogP contribution < -0.4 is 5.32 Å². The minimum atomic E-state index is -2.43. The SMILES string of the molecule is CC(=O)O[C@H]1C(=O)[C@]2(C)[C@@H](OCOCCO)C[C@H]3OC[C@@]3(OC(C)=O)[C@H]2[C@H](OC(=O)c2ccccc2)[C@]2(O)C[C@H](OC(=O)[C@H](O)[C@H](NC(=O)OC(C)(C)C)c3ccco3)C(C)=C1C2(C)C. The number of carbonyl (C=O) groups excluding carboxylic acids is 6. The normalized spacial score (nSPS) is 31.3. The molecule has 0 unspecified atom stereocenters. The fourth-order valence-corrected chi connectivity index (χ4v) is 10.0. The average molecular weight is 914 g/mol. The van der Waals surface area contributed by atoms with E-state index in [4.69, 9.17) is 42.3 Å². The molecule has 1 saturated heterocycles. The molecule has 1 aliphatic heterocycles. The molecule has 19 nitrogen and oxygen atoms in total. The van der Waals surface area contributed by atoms with Crippen molar-refractivity contribution in [2.45, 2.75) is 135 Å². The van der Waals surface area contributed by atoms with Crippen molar-refractivity contribution in [3.05, 3.63) is 71.2 Å². The molecule has 3 aliphatic carbocycles. The summed E-state index contributed by atoms with van der Waals surface area (Å²) in [7, 11) is 0. The number of rotatable bonds is 14. The topological polar surface area (TPSA) is 262 Å². The number of ketones is 1. The van der Waals surface area contributed by atoms with Crippen molar-refractivity contribution in [2.75, 3.05) is 26.6 Å². The van der Waals surface area contributed by atoms with Crippen molar-refractivity contribution < 1.29 is 86.4 Å². The largest absolute Gasteiger partial charge is 0.467 e. The lowest BCUT2D eigenvalue weighted by Crippen LogP contribution is -2.82. The van der Waals surface area contributed by atoms with Gasteiger partial charge in [0.1, 0.15) is 48.1 Å². The minimum Gasteiger partial charge on any atom is -0.467 e. The molecule has 19 heteroatoms. The molecule has 1 amide bonds. The van der Waals surface area contributed by atoms with Crippen molar-refractivity contribution in [3.8, 4) is 0 Å². The lowest BCUT2D eigenvalue weighted by molar-refractivity contribution is -0.351. The van der Waals surface area contributed by atoms with E-state index in [0.717, 1.165) is 13.8 Å². The van der Waals surface area contributed by atoms with Gasteiger partial charge in [0.25, 0.3) is 0 Å². The molecule has 4 aliphatic rings. The molecule has 11 atom stereocenters. The molecule has 2 bridgehead atoms. The molecule has 2 saturated carbocycles. The maximum absolute atomic E-state index is 15.9. The second kappa shape index (κ2) is 18.6. The highest BCUT2D eigenvalue weighted by Gasteiger charge is 2.78. The van der Waals surface area contributed by atoms with Crippen LogP contribution in [-0.2, 0) is 57.1 Å². The summed E-state index contributed by atoms with van der Waals surface area (Å²) in [4.78, 5) is 83.9. The number of ether oxygens (including phenoxy) is 8.